The molecule has 3 rings (SSSR count). The molecule has 2 aromatic rings. The Morgan fingerprint density at radius 1 is 1.43 bits per heavy atom. The van der Waals surface area contributed by atoms with E-state index in [1.54, 1.807) is 52.9 Å². The predicted molar refractivity (Wildman–Crippen MR) is 90.3 cm³/mol. The van der Waals surface area contributed by atoms with Crippen LogP contribution in [0.4, 0.5) is 0 Å². The molecular formula is C14H9Cl2N3S2. The Kier molecular flexibility index (Phi) is 4.51. The van der Waals surface area contributed by atoms with Gasteiger partial charge in [0.05, 0.1) is 20.6 Å². The minimum atomic E-state index is 0.197. The molecule has 3 nitrogen and oxygen atoms in total. The van der Waals surface area contributed by atoms with Crippen LogP contribution in [0.3, 0.4) is 0 Å². The Balaban J connectivity index is 1.92. The summed E-state index contributed by atoms with van der Waals surface area (Å²) in [4.78, 5) is 3.99. The van der Waals surface area contributed by atoms with E-state index in [1.165, 1.54) is 0 Å². The molecule has 1 aromatic carbocycles. The fourth-order valence-electron chi connectivity index (χ4n) is 2.00. The van der Waals surface area contributed by atoms with Crippen LogP contribution >= 0.6 is 46.7 Å². The Morgan fingerprint density at radius 2 is 2.29 bits per heavy atom. The minimum absolute atomic E-state index is 0.197. The van der Waals surface area contributed by atoms with Crippen molar-refractivity contribution >= 4 is 52.4 Å². The number of halogens is 2. The van der Waals surface area contributed by atoms with Crippen LogP contribution in [0, 0.1) is 11.3 Å². The number of rotatable bonds is 2. The van der Waals surface area contributed by atoms with Crippen LogP contribution in [-0.2, 0) is 0 Å². The van der Waals surface area contributed by atoms with Gasteiger partial charge in [-0.05, 0) is 11.6 Å². The average molecular weight is 354 g/mol. The van der Waals surface area contributed by atoms with Gasteiger partial charge in [-0.2, -0.15) is 5.26 Å². The standard InChI is InChI=1S/C14H9Cl2N3S2/c15-10-3-1-2-9(13(10)16)12-7-20-14(21-12)11(6-17)19-5-4-18-8-19/h1-5,8,12H,7H2/b14-11-. The van der Waals surface area contributed by atoms with E-state index in [4.69, 9.17) is 23.2 Å². The number of thioether (sulfide) groups is 2. The molecular weight excluding hydrogens is 345 g/mol. The van der Waals surface area contributed by atoms with Gasteiger partial charge in [-0.15, -0.1) is 23.5 Å². The van der Waals surface area contributed by atoms with Gasteiger partial charge >= 0.3 is 0 Å². The molecule has 2 heterocycles. The summed E-state index contributed by atoms with van der Waals surface area (Å²) in [6.07, 6.45) is 5.06. The normalized spacial score (nSPS) is 20.3. The summed E-state index contributed by atoms with van der Waals surface area (Å²) in [5, 5.41) is 10.7. The smallest absolute Gasteiger partial charge is 0.145 e. The van der Waals surface area contributed by atoms with E-state index in [9.17, 15) is 5.26 Å². The van der Waals surface area contributed by atoms with Crippen LogP contribution in [0.1, 0.15) is 10.8 Å². The molecule has 106 valence electrons. The Morgan fingerprint density at radius 3 is 3.00 bits per heavy atom. The first kappa shape index (κ1) is 14.9. The van der Waals surface area contributed by atoms with Crippen molar-refractivity contribution in [3.05, 3.63) is 56.8 Å². The molecule has 21 heavy (non-hydrogen) atoms. The highest BCUT2D eigenvalue weighted by atomic mass is 35.5. The largest absolute Gasteiger partial charge is 0.296 e. The highest BCUT2D eigenvalue weighted by Crippen LogP contribution is 2.53. The van der Waals surface area contributed by atoms with Crippen molar-refractivity contribution in [3.63, 3.8) is 0 Å². The van der Waals surface area contributed by atoms with Crippen molar-refractivity contribution in [2.24, 2.45) is 0 Å². The lowest BCUT2D eigenvalue weighted by atomic mass is 10.2. The SMILES string of the molecule is N#C/C(=C1\SCC(c2cccc(Cl)c2Cl)S1)n1ccnc1. The molecule has 1 fully saturated rings. The van der Waals surface area contributed by atoms with Gasteiger partial charge in [0.1, 0.15) is 11.8 Å². The van der Waals surface area contributed by atoms with Gasteiger partial charge in [-0.1, -0.05) is 35.3 Å². The van der Waals surface area contributed by atoms with Gasteiger partial charge in [0.2, 0.25) is 0 Å². The summed E-state index contributed by atoms with van der Waals surface area (Å²) in [5.74, 6) is 0.861. The summed E-state index contributed by atoms with van der Waals surface area (Å²) < 4.78 is 2.72. The third-order valence-corrected chi connectivity index (χ3v) is 6.76. The Bertz CT molecular complexity index is 735. The zero-order valence-electron chi connectivity index (χ0n) is 10.7. The number of hydrogen-bond acceptors (Lipinski definition) is 4. The van der Waals surface area contributed by atoms with Crippen molar-refractivity contribution in [1.29, 1.82) is 5.26 Å². The Labute approximate surface area is 141 Å². The van der Waals surface area contributed by atoms with E-state index in [-0.39, 0.29) is 5.25 Å². The topological polar surface area (TPSA) is 41.6 Å². The number of benzene rings is 1. The molecule has 1 atom stereocenters. The highest BCUT2D eigenvalue weighted by Gasteiger charge is 2.28. The predicted octanol–water partition coefficient (Wildman–Crippen LogP) is 5.06. The van der Waals surface area contributed by atoms with Gasteiger partial charge in [0.25, 0.3) is 0 Å². The van der Waals surface area contributed by atoms with Crippen LogP contribution < -0.4 is 0 Å². The van der Waals surface area contributed by atoms with Crippen molar-refractivity contribution in [1.82, 2.24) is 9.55 Å². The lowest BCUT2D eigenvalue weighted by Gasteiger charge is -2.11. The maximum atomic E-state index is 9.38. The Hall–Kier alpha value is -1.06. The van der Waals surface area contributed by atoms with Crippen molar-refractivity contribution in [2.75, 3.05) is 5.75 Å². The minimum Gasteiger partial charge on any atom is -0.296 e. The number of imidazole rings is 1. The first-order valence-corrected chi connectivity index (χ1v) is 8.69. The molecule has 0 spiro atoms. The maximum absolute atomic E-state index is 9.38. The number of nitrogens with zero attached hydrogens (tertiary/aromatic N) is 3. The van der Waals surface area contributed by atoms with E-state index in [2.05, 4.69) is 11.1 Å². The van der Waals surface area contributed by atoms with Gasteiger partial charge in [-0.3, -0.25) is 4.57 Å². The van der Waals surface area contributed by atoms with Crippen LogP contribution in [0.15, 0.2) is 41.2 Å². The molecule has 7 heteroatoms. The van der Waals surface area contributed by atoms with Gasteiger partial charge < -0.3 is 0 Å². The maximum Gasteiger partial charge on any atom is 0.145 e. The highest BCUT2D eigenvalue weighted by molar-refractivity contribution is 8.25. The lowest BCUT2D eigenvalue weighted by molar-refractivity contribution is 1.10. The molecule has 0 radical (unpaired) electrons. The van der Waals surface area contributed by atoms with Gasteiger partial charge in [0.15, 0.2) is 0 Å². The van der Waals surface area contributed by atoms with E-state index < -0.39 is 0 Å². The summed E-state index contributed by atoms with van der Waals surface area (Å²) in [6.45, 7) is 0. The molecule has 0 bridgehead atoms. The van der Waals surface area contributed by atoms with Crippen LogP contribution in [0.25, 0.3) is 5.70 Å². The lowest BCUT2D eigenvalue weighted by Crippen LogP contribution is -1.94. The van der Waals surface area contributed by atoms with Crippen molar-refractivity contribution in [2.45, 2.75) is 5.25 Å². The van der Waals surface area contributed by atoms with E-state index in [0.29, 0.717) is 15.7 Å². The quantitative estimate of drug-likeness (QED) is 0.707. The number of allylic oxidation sites excluding steroid dienone is 1. The average Bonchev–Trinajstić information content (AvgIpc) is 3.15. The summed E-state index contributed by atoms with van der Waals surface area (Å²) >= 11 is 15.7. The van der Waals surface area contributed by atoms with E-state index in [1.807, 2.05) is 12.1 Å². The molecule has 1 unspecified atom stereocenters. The molecule has 1 aliphatic rings. The van der Waals surface area contributed by atoms with Crippen LogP contribution in [0.5, 0.6) is 0 Å². The number of hydrogen-bond donors (Lipinski definition) is 0. The van der Waals surface area contributed by atoms with Crippen LogP contribution in [-0.4, -0.2) is 15.3 Å². The fourth-order valence-corrected chi connectivity index (χ4v) is 5.42. The van der Waals surface area contributed by atoms with Gasteiger partial charge in [0, 0.05) is 23.4 Å². The molecule has 0 saturated carbocycles. The second-order valence-corrected chi connectivity index (χ2v) is 7.57. The monoisotopic (exact) mass is 353 g/mol. The zero-order chi connectivity index (χ0) is 14.8. The summed E-state index contributed by atoms with van der Waals surface area (Å²) in [6, 6.07) is 7.91. The zero-order valence-corrected chi connectivity index (χ0v) is 13.8. The third kappa shape index (κ3) is 2.95. The molecule has 0 amide bonds. The second kappa shape index (κ2) is 6.37. The molecule has 1 aliphatic heterocycles. The van der Waals surface area contributed by atoms with E-state index in [0.717, 1.165) is 15.6 Å². The van der Waals surface area contributed by atoms with Crippen LogP contribution in [0.2, 0.25) is 10.0 Å². The molecule has 1 saturated heterocycles. The number of aromatic nitrogens is 2. The molecule has 0 aliphatic carbocycles. The number of nitriles is 1. The first-order valence-electron chi connectivity index (χ1n) is 6.06. The first-order chi connectivity index (χ1) is 10.2. The van der Waals surface area contributed by atoms with E-state index >= 15 is 0 Å². The van der Waals surface area contributed by atoms with Gasteiger partial charge in [-0.25, -0.2) is 4.98 Å². The third-order valence-electron chi connectivity index (χ3n) is 3.01. The molecule has 0 N–H and O–H groups in total. The second-order valence-electron chi connectivity index (χ2n) is 4.28. The van der Waals surface area contributed by atoms with Crippen molar-refractivity contribution < 1.29 is 0 Å². The summed E-state index contributed by atoms with van der Waals surface area (Å²) in [5.41, 5.74) is 1.61. The summed E-state index contributed by atoms with van der Waals surface area (Å²) in [7, 11) is 0. The van der Waals surface area contributed by atoms with Crippen molar-refractivity contribution in [3.8, 4) is 6.07 Å². The fraction of sp³-hybridized carbons (Fsp3) is 0.143. The molecule has 1 aromatic heterocycles.